The second kappa shape index (κ2) is 8.57. The van der Waals surface area contributed by atoms with Crippen LogP contribution in [-0.2, 0) is 4.74 Å². The zero-order chi connectivity index (χ0) is 23.1. The van der Waals surface area contributed by atoms with Crippen LogP contribution in [0.25, 0.3) is 5.52 Å². The molecule has 1 aliphatic heterocycles. The molecule has 0 radical (unpaired) electrons. The number of aromatic nitrogens is 2. The lowest BCUT2D eigenvalue weighted by molar-refractivity contribution is -0.0192. The molecule has 2 N–H and O–H groups in total. The fraction of sp³-hybridized carbons (Fsp3) is 0.348. The number of carbonyl (C=O) groups excluding carboxylic acids is 2. The summed E-state index contributed by atoms with van der Waals surface area (Å²) in [5, 5.41) is 10.3. The maximum Gasteiger partial charge on any atom is 0.319 e. The van der Waals surface area contributed by atoms with Crippen molar-refractivity contribution in [2.24, 2.45) is 0 Å². The first-order valence-corrected chi connectivity index (χ1v) is 11.1. The molecule has 10 heteroatoms. The van der Waals surface area contributed by atoms with Crippen molar-refractivity contribution in [3.63, 3.8) is 0 Å². The molecule has 2 fully saturated rings. The van der Waals surface area contributed by atoms with Crippen LogP contribution in [0.5, 0.6) is 11.5 Å². The number of urea groups is 1. The van der Waals surface area contributed by atoms with Crippen LogP contribution in [0, 0.1) is 6.92 Å². The van der Waals surface area contributed by atoms with E-state index in [0.717, 1.165) is 18.4 Å². The molecule has 33 heavy (non-hydrogen) atoms. The summed E-state index contributed by atoms with van der Waals surface area (Å²) in [6.07, 6.45) is 5.43. The predicted octanol–water partition coefficient (Wildman–Crippen LogP) is 3.84. The lowest BCUT2D eigenvalue weighted by Gasteiger charge is -2.38. The third kappa shape index (κ3) is 4.34. The molecule has 9 nitrogen and oxygen atoms in total. The van der Waals surface area contributed by atoms with Gasteiger partial charge in [-0.25, -0.2) is 9.31 Å². The molecule has 1 saturated heterocycles. The highest BCUT2D eigenvalue weighted by molar-refractivity contribution is 6.33. The van der Waals surface area contributed by atoms with Gasteiger partial charge in [0, 0.05) is 44.6 Å². The number of rotatable bonds is 6. The zero-order valence-corrected chi connectivity index (χ0v) is 19.1. The molecule has 2 aromatic heterocycles. The number of anilines is 1. The predicted molar refractivity (Wildman–Crippen MR) is 123 cm³/mol. The van der Waals surface area contributed by atoms with Gasteiger partial charge in [0.1, 0.15) is 11.3 Å². The van der Waals surface area contributed by atoms with Gasteiger partial charge in [-0.05, 0) is 37.5 Å². The van der Waals surface area contributed by atoms with Gasteiger partial charge in [-0.15, -0.1) is 0 Å². The van der Waals surface area contributed by atoms with E-state index in [1.165, 1.54) is 0 Å². The number of carbonyl (C=O) groups is 2. The van der Waals surface area contributed by atoms with E-state index >= 15 is 0 Å². The lowest BCUT2D eigenvalue weighted by Crippen LogP contribution is -2.54. The highest BCUT2D eigenvalue weighted by Crippen LogP contribution is 2.34. The van der Waals surface area contributed by atoms with Crippen LogP contribution in [0.4, 0.5) is 10.5 Å². The largest absolute Gasteiger partial charge is 0.455 e. The summed E-state index contributed by atoms with van der Waals surface area (Å²) in [7, 11) is 1.65. The quantitative estimate of drug-likeness (QED) is 0.571. The molecule has 1 aliphatic carbocycles. The molecule has 172 valence electrons. The normalized spacial score (nSPS) is 15.9. The maximum absolute atomic E-state index is 12.9. The number of aryl methyl sites for hydroxylation is 1. The Labute approximate surface area is 195 Å². The van der Waals surface area contributed by atoms with Crippen LogP contribution in [-0.4, -0.2) is 58.8 Å². The number of likely N-dealkylation sites (tertiary alicyclic amines) is 1. The second-order valence-electron chi connectivity index (χ2n) is 8.34. The molecule has 0 atom stereocenters. The van der Waals surface area contributed by atoms with E-state index in [-0.39, 0.29) is 24.1 Å². The molecule has 2 aliphatic rings. The number of nitrogens with one attached hydrogen (secondary N) is 2. The molecular weight excluding hydrogens is 446 g/mol. The highest BCUT2D eigenvalue weighted by atomic mass is 35.5. The number of methoxy groups -OCH3 is 1. The van der Waals surface area contributed by atoms with E-state index in [2.05, 4.69) is 15.7 Å². The Hall–Kier alpha value is -3.30. The summed E-state index contributed by atoms with van der Waals surface area (Å²) < 4.78 is 13.0. The van der Waals surface area contributed by atoms with Crippen LogP contribution in [0.15, 0.2) is 36.7 Å². The summed E-state index contributed by atoms with van der Waals surface area (Å²) in [5.74, 6) is 0.990. The maximum atomic E-state index is 12.9. The van der Waals surface area contributed by atoms with E-state index in [1.54, 1.807) is 53.2 Å². The van der Waals surface area contributed by atoms with Crippen LogP contribution >= 0.6 is 11.6 Å². The van der Waals surface area contributed by atoms with Crippen LogP contribution in [0.3, 0.4) is 0 Å². The summed E-state index contributed by atoms with van der Waals surface area (Å²) in [5.41, 5.74) is 2.56. The van der Waals surface area contributed by atoms with Crippen molar-refractivity contribution in [1.29, 1.82) is 0 Å². The van der Waals surface area contributed by atoms with Crippen molar-refractivity contribution in [2.45, 2.75) is 31.9 Å². The SMILES string of the molecule is COC1CN(C(=O)c2cn3nccc(Oc4ccc(NC(=O)NC5CC5)c(Cl)c4)c3c2C)C1. The van der Waals surface area contributed by atoms with Crippen LogP contribution < -0.4 is 15.4 Å². The average Bonchev–Trinajstić information content (AvgIpc) is 3.50. The molecule has 1 aromatic carbocycles. The van der Waals surface area contributed by atoms with Crippen molar-refractivity contribution in [3.05, 3.63) is 52.8 Å². The average molecular weight is 470 g/mol. The van der Waals surface area contributed by atoms with Gasteiger partial charge >= 0.3 is 6.03 Å². The van der Waals surface area contributed by atoms with E-state index in [0.29, 0.717) is 46.4 Å². The van der Waals surface area contributed by atoms with Crippen LogP contribution in [0.1, 0.15) is 28.8 Å². The number of hydrogen-bond acceptors (Lipinski definition) is 5. The molecule has 0 bridgehead atoms. The third-order valence-corrected chi connectivity index (χ3v) is 6.23. The van der Waals surface area contributed by atoms with Crippen molar-refractivity contribution in [2.75, 3.05) is 25.5 Å². The van der Waals surface area contributed by atoms with Gasteiger partial charge in [0.05, 0.1) is 28.6 Å². The van der Waals surface area contributed by atoms with Gasteiger partial charge in [-0.3, -0.25) is 4.79 Å². The number of nitrogens with zero attached hydrogens (tertiary/aromatic N) is 3. The first-order valence-electron chi connectivity index (χ1n) is 10.8. The number of benzene rings is 1. The number of ether oxygens (including phenoxy) is 2. The lowest BCUT2D eigenvalue weighted by atomic mass is 10.1. The molecule has 3 amide bonds. The van der Waals surface area contributed by atoms with Gasteiger partial charge in [-0.1, -0.05) is 11.6 Å². The van der Waals surface area contributed by atoms with Gasteiger partial charge in [0.15, 0.2) is 5.75 Å². The smallest absolute Gasteiger partial charge is 0.319 e. The first-order chi connectivity index (χ1) is 15.9. The van der Waals surface area contributed by atoms with E-state index in [4.69, 9.17) is 21.1 Å². The monoisotopic (exact) mass is 469 g/mol. The Kier molecular flexibility index (Phi) is 5.59. The third-order valence-electron chi connectivity index (χ3n) is 5.92. The summed E-state index contributed by atoms with van der Waals surface area (Å²) in [6.45, 7) is 3.04. The Morgan fingerprint density at radius 3 is 2.70 bits per heavy atom. The topological polar surface area (TPSA) is 97.2 Å². The fourth-order valence-corrected chi connectivity index (χ4v) is 4.02. The standard InChI is InChI=1S/C23H24ClN5O4/c1-13-17(22(30)28-10-16(11-28)32-2)12-29-21(13)20(7-8-25-29)33-15-5-6-19(18(24)9-15)27-23(31)26-14-3-4-14/h5-9,12,14,16H,3-4,10-11H2,1-2H3,(H2,26,27,31). The van der Waals surface area contributed by atoms with E-state index in [1.807, 2.05) is 6.92 Å². The minimum absolute atomic E-state index is 0.0554. The minimum atomic E-state index is -0.274. The molecule has 1 saturated carbocycles. The summed E-state index contributed by atoms with van der Waals surface area (Å²) in [6, 6.07) is 6.78. The Bertz CT molecular complexity index is 1230. The molecule has 0 spiro atoms. The Morgan fingerprint density at radius 1 is 1.21 bits per heavy atom. The van der Waals surface area contributed by atoms with Gasteiger partial charge < -0.3 is 25.0 Å². The number of hydrogen-bond donors (Lipinski definition) is 2. The van der Waals surface area contributed by atoms with Crippen molar-refractivity contribution in [3.8, 4) is 11.5 Å². The first kappa shape index (κ1) is 21.5. The Balaban J connectivity index is 1.35. The summed E-state index contributed by atoms with van der Waals surface area (Å²) >= 11 is 6.37. The zero-order valence-electron chi connectivity index (χ0n) is 18.3. The fourth-order valence-electron chi connectivity index (χ4n) is 3.80. The van der Waals surface area contributed by atoms with Crippen LogP contribution in [0.2, 0.25) is 5.02 Å². The van der Waals surface area contributed by atoms with Gasteiger partial charge in [-0.2, -0.15) is 5.10 Å². The van der Waals surface area contributed by atoms with E-state index < -0.39 is 0 Å². The molecule has 3 heterocycles. The Morgan fingerprint density at radius 2 is 2.00 bits per heavy atom. The molecule has 0 unspecified atom stereocenters. The number of fused-ring (bicyclic) bond motifs is 1. The summed E-state index contributed by atoms with van der Waals surface area (Å²) in [4.78, 5) is 26.7. The van der Waals surface area contributed by atoms with Crippen molar-refractivity contribution >= 4 is 34.7 Å². The van der Waals surface area contributed by atoms with Crippen molar-refractivity contribution in [1.82, 2.24) is 19.8 Å². The minimum Gasteiger partial charge on any atom is -0.455 e. The van der Waals surface area contributed by atoms with Gasteiger partial charge in [0.25, 0.3) is 5.91 Å². The van der Waals surface area contributed by atoms with E-state index in [9.17, 15) is 9.59 Å². The number of amides is 3. The molecular formula is C23H24ClN5O4. The van der Waals surface area contributed by atoms with Gasteiger partial charge in [0.2, 0.25) is 0 Å². The van der Waals surface area contributed by atoms with Crippen molar-refractivity contribution < 1.29 is 19.1 Å². The molecule has 3 aromatic rings. The highest BCUT2D eigenvalue weighted by Gasteiger charge is 2.33. The second-order valence-corrected chi connectivity index (χ2v) is 8.75. The molecule has 5 rings (SSSR count). The number of halogens is 1.